The van der Waals surface area contributed by atoms with Crippen LogP contribution in [0.25, 0.3) is 5.69 Å². The van der Waals surface area contributed by atoms with E-state index in [1.807, 2.05) is 11.4 Å². The van der Waals surface area contributed by atoms with Gasteiger partial charge in [-0.1, -0.05) is 17.8 Å². The summed E-state index contributed by atoms with van der Waals surface area (Å²) < 4.78 is 12.2. The number of anilines is 2. The van der Waals surface area contributed by atoms with Crippen LogP contribution in [0.15, 0.2) is 65.1 Å². The number of aromatic nitrogens is 4. The number of carbonyl (C=O) groups excluding carboxylic acids is 2. The maximum atomic E-state index is 12.5. The molecular formula is C22H20N6O4S2. The number of thiophene rings is 1. The molecule has 0 bridgehead atoms. The summed E-state index contributed by atoms with van der Waals surface area (Å²) in [6, 6.07) is 15.7. The predicted octanol–water partition coefficient (Wildman–Crippen LogP) is 3.72. The molecule has 2 amide bonds. The number of benzene rings is 2. The molecule has 174 valence electrons. The van der Waals surface area contributed by atoms with Crippen LogP contribution < -0.4 is 20.1 Å². The van der Waals surface area contributed by atoms with Gasteiger partial charge >= 0.3 is 0 Å². The normalized spacial score (nSPS) is 10.5. The SMILES string of the molecule is COc1ccc(OC)c(-n2nnnc2SCC(=O)Nc2ccc(NC(=O)c3cccs3)cc2)c1. The molecule has 0 fully saturated rings. The van der Waals surface area contributed by atoms with Gasteiger partial charge in [0.05, 0.1) is 24.8 Å². The summed E-state index contributed by atoms with van der Waals surface area (Å²) in [5.41, 5.74) is 1.83. The Morgan fingerprint density at radius 1 is 1.03 bits per heavy atom. The zero-order valence-electron chi connectivity index (χ0n) is 18.2. The van der Waals surface area contributed by atoms with Gasteiger partial charge in [-0.15, -0.1) is 16.4 Å². The van der Waals surface area contributed by atoms with Gasteiger partial charge in [-0.3, -0.25) is 9.59 Å². The van der Waals surface area contributed by atoms with E-state index in [2.05, 4.69) is 26.2 Å². The number of methoxy groups -OCH3 is 2. The lowest BCUT2D eigenvalue weighted by Crippen LogP contribution is -2.15. The molecule has 0 aliphatic heterocycles. The Balaban J connectivity index is 1.36. The first-order valence-corrected chi connectivity index (χ1v) is 11.8. The number of ether oxygens (including phenoxy) is 2. The monoisotopic (exact) mass is 496 g/mol. The molecule has 0 unspecified atom stereocenters. The third kappa shape index (κ3) is 5.53. The highest BCUT2D eigenvalue weighted by Gasteiger charge is 2.16. The van der Waals surface area contributed by atoms with Crippen LogP contribution in [0.2, 0.25) is 0 Å². The van der Waals surface area contributed by atoms with E-state index in [9.17, 15) is 9.59 Å². The van der Waals surface area contributed by atoms with Crippen LogP contribution in [-0.2, 0) is 4.79 Å². The minimum atomic E-state index is -0.229. The van der Waals surface area contributed by atoms with Gasteiger partial charge in [0.1, 0.15) is 17.2 Å². The van der Waals surface area contributed by atoms with Gasteiger partial charge in [0.15, 0.2) is 0 Å². The highest BCUT2D eigenvalue weighted by molar-refractivity contribution is 7.99. The van der Waals surface area contributed by atoms with Crippen molar-refractivity contribution in [3.63, 3.8) is 0 Å². The van der Waals surface area contributed by atoms with Crippen LogP contribution in [0.3, 0.4) is 0 Å². The van der Waals surface area contributed by atoms with Gasteiger partial charge in [0, 0.05) is 17.4 Å². The molecule has 0 saturated heterocycles. The van der Waals surface area contributed by atoms with Gasteiger partial charge in [-0.25, -0.2) is 0 Å². The second-order valence-corrected chi connectivity index (χ2v) is 8.65. The Bertz CT molecular complexity index is 1280. The topological polar surface area (TPSA) is 120 Å². The first-order chi connectivity index (χ1) is 16.6. The molecule has 4 aromatic rings. The van der Waals surface area contributed by atoms with Crippen LogP contribution >= 0.6 is 23.1 Å². The lowest BCUT2D eigenvalue weighted by atomic mass is 10.2. The highest BCUT2D eigenvalue weighted by Crippen LogP contribution is 2.29. The van der Waals surface area contributed by atoms with E-state index < -0.39 is 0 Å². The standard InChI is InChI=1S/C22H20N6O4S2/c1-31-16-9-10-18(32-2)17(12-16)28-22(25-26-27-28)34-13-20(29)23-14-5-7-15(8-6-14)24-21(30)19-4-3-11-33-19/h3-12H,13H2,1-2H3,(H,23,29)(H,24,30). The Kier molecular flexibility index (Phi) is 7.40. The van der Waals surface area contributed by atoms with E-state index >= 15 is 0 Å². The van der Waals surface area contributed by atoms with Gasteiger partial charge in [-0.2, -0.15) is 4.68 Å². The van der Waals surface area contributed by atoms with E-state index in [-0.39, 0.29) is 17.6 Å². The molecule has 0 radical (unpaired) electrons. The Morgan fingerprint density at radius 2 is 1.79 bits per heavy atom. The fourth-order valence-corrected chi connectivity index (χ4v) is 4.25. The third-order valence-corrected chi connectivity index (χ3v) is 6.35. The van der Waals surface area contributed by atoms with E-state index in [0.717, 1.165) is 0 Å². The number of tetrazole rings is 1. The molecule has 0 atom stereocenters. The van der Waals surface area contributed by atoms with Gasteiger partial charge in [-0.05, 0) is 58.3 Å². The minimum absolute atomic E-state index is 0.0868. The molecule has 0 aliphatic carbocycles. The average Bonchev–Trinajstić information content (AvgIpc) is 3.56. The number of hydrogen-bond acceptors (Lipinski definition) is 9. The summed E-state index contributed by atoms with van der Waals surface area (Å²) in [5, 5.41) is 19.7. The second kappa shape index (κ2) is 10.8. The van der Waals surface area contributed by atoms with Crippen LogP contribution in [0.4, 0.5) is 11.4 Å². The quantitative estimate of drug-likeness (QED) is 0.337. The summed E-state index contributed by atoms with van der Waals surface area (Å²) in [6.45, 7) is 0. The molecule has 12 heteroatoms. The van der Waals surface area contributed by atoms with Crippen molar-refractivity contribution in [1.29, 1.82) is 0 Å². The molecule has 2 N–H and O–H groups in total. The molecule has 10 nitrogen and oxygen atoms in total. The number of nitrogens with one attached hydrogen (secondary N) is 2. The summed E-state index contributed by atoms with van der Waals surface area (Å²) in [5.74, 6) is 0.866. The first-order valence-electron chi connectivity index (χ1n) is 9.95. The van der Waals surface area contributed by atoms with Crippen molar-refractivity contribution in [2.24, 2.45) is 0 Å². The molecule has 2 aromatic heterocycles. The van der Waals surface area contributed by atoms with E-state index in [0.29, 0.717) is 38.6 Å². The third-order valence-electron chi connectivity index (χ3n) is 4.56. The maximum Gasteiger partial charge on any atom is 0.265 e. The number of carbonyl (C=O) groups is 2. The second-order valence-electron chi connectivity index (χ2n) is 6.76. The summed E-state index contributed by atoms with van der Waals surface area (Å²) >= 11 is 2.55. The van der Waals surface area contributed by atoms with E-state index in [1.54, 1.807) is 62.8 Å². The Morgan fingerprint density at radius 3 is 2.47 bits per heavy atom. The lowest BCUT2D eigenvalue weighted by molar-refractivity contribution is -0.113. The van der Waals surface area contributed by atoms with Gasteiger partial charge < -0.3 is 20.1 Å². The Labute approximate surface area is 203 Å². The van der Waals surface area contributed by atoms with Crippen molar-refractivity contribution in [2.45, 2.75) is 5.16 Å². The van der Waals surface area contributed by atoms with Crippen molar-refractivity contribution < 1.29 is 19.1 Å². The molecule has 2 heterocycles. The van der Waals surface area contributed by atoms with Crippen molar-refractivity contribution in [3.05, 3.63) is 64.9 Å². The molecule has 0 aliphatic rings. The van der Waals surface area contributed by atoms with E-state index in [1.165, 1.54) is 27.8 Å². The number of rotatable bonds is 9. The highest BCUT2D eigenvalue weighted by atomic mass is 32.2. The lowest BCUT2D eigenvalue weighted by Gasteiger charge is -2.11. The fourth-order valence-electron chi connectivity index (χ4n) is 2.95. The summed E-state index contributed by atoms with van der Waals surface area (Å²) in [4.78, 5) is 25.2. The largest absolute Gasteiger partial charge is 0.497 e. The molecule has 34 heavy (non-hydrogen) atoms. The maximum absolute atomic E-state index is 12.5. The summed E-state index contributed by atoms with van der Waals surface area (Å²) in [6.07, 6.45) is 0. The molecular weight excluding hydrogens is 476 g/mol. The van der Waals surface area contributed by atoms with Crippen molar-refractivity contribution in [1.82, 2.24) is 20.2 Å². The van der Waals surface area contributed by atoms with E-state index in [4.69, 9.17) is 9.47 Å². The zero-order valence-corrected chi connectivity index (χ0v) is 19.9. The van der Waals surface area contributed by atoms with Gasteiger partial charge in [0.2, 0.25) is 11.1 Å². The number of thioether (sulfide) groups is 1. The summed E-state index contributed by atoms with van der Waals surface area (Å²) in [7, 11) is 3.12. The molecule has 0 saturated carbocycles. The van der Waals surface area contributed by atoms with Crippen molar-refractivity contribution in [3.8, 4) is 17.2 Å². The van der Waals surface area contributed by atoms with Crippen LogP contribution in [-0.4, -0.2) is 52.0 Å². The molecule has 2 aromatic carbocycles. The zero-order chi connectivity index (χ0) is 23.9. The smallest absolute Gasteiger partial charge is 0.265 e. The van der Waals surface area contributed by atoms with Crippen molar-refractivity contribution in [2.75, 3.05) is 30.6 Å². The van der Waals surface area contributed by atoms with Crippen LogP contribution in [0.5, 0.6) is 11.5 Å². The number of nitrogens with zero attached hydrogens (tertiary/aromatic N) is 4. The number of hydrogen-bond donors (Lipinski definition) is 2. The van der Waals surface area contributed by atoms with Crippen molar-refractivity contribution >= 4 is 46.3 Å². The first kappa shape index (κ1) is 23.3. The minimum Gasteiger partial charge on any atom is -0.497 e. The molecule has 0 spiro atoms. The predicted molar refractivity (Wildman–Crippen MR) is 130 cm³/mol. The van der Waals surface area contributed by atoms with Gasteiger partial charge in [0.25, 0.3) is 5.91 Å². The van der Waals surface area contributed by atoms with Crippen LogP contribution in [0, 0.1) is 0 Å². The average molecular weight is 497 g/mol. The molecule has 4 rings (SSSR count). The van der Waals surface area contributed by atoms with Crippen LogP contribution in [0.1, 0.15) is 9.67 Å². The fraction of sp³-hybridized carbons (Fsp3) is 0.136. The number of amides is 2. The Hall–Kier alpha value is -3.90.